The lowest BCUT2D eigenvalue weighted by Crippen LogP contribution is -2.41. The van der Waals surface area contributed by atoms with Gasteiger partial charge in [0.15, 0.2) is 10.6 Å². The fourth-order valence-electron chi connectivity index (χ4n) is 0.610. The molecule has 0 spiro atoms. The first-order valence-corrected chi connectivity index (χ1v) is 4.61. The first-order chi connectivity index (χ1) is 5.99. The Morgan fingerprint density at radius 2 is 2.00 bits per heavy atom. The minimum Gasteiger partial charge on any atom is -0.450 e. The van der Waals surface area contributed by atoms with Crippen molar-refractivity contribution in [2.45, 2.75) is 24.7 Å². The number of hydrogen-bond acceptors (Lipinski definition) is 3. The molecule has 0 bridgehead atoms. The van der Waals surface area contributed by atoms with Crippen molar-refractivity contribution >= 4 is 35.1 Å². The zero-order chi connectivity index (χ0) is 10.4. The molecule has 13 heavy (non-hydrogen) atoms. The van der Waals surface area contributed by atoms with E-state index < -0.39 is 22.8 Å². The number of ether oxygens (including phenoxy) is 1. The molecule has 0 heterocycles. The molecular formula is C7H11Cl2NO3. The van der Waals surface area contributed by atoms with Crippen LogP contribution in [0.3, 0.4) is 0 Å². The molecule has 0 aromatic carbocycles. The highest BCUT2D eigenvalue weighted by molar-refractivity contribution is 6.54. The molecule has 0 aromatic rings. The molecule has 0 saturated carbocycles. The van der Waals surface area contributed by atoms with E-state index in [4.69, 9.17) is 23.2 Å². The molecule has 0 saturated heterocycles. The lowest BCUT2D eigenvalue weighted by molar-refractivity contribution is -0.118. The van der Waals surface area contributed by atoms with Gasteiger partial charge in [0.25, 0.3) is 0 Å². The van der Waals surface area contributed by atoms with Crippen molar-refractivity contribution in [2.75, 3.05) is 6.61 Å². The molecule has 1 amide bonds. The summed E-state index contributed by atoms with van der Waals surface area (Å²) in [5, 5.41) is 2.28. The normalized spacial score (nSPS) is 12.4. The molecule has 0 aromatic heterocycles. The van der Waals surface area contributed by atoms with Crippen LogP contribution in [0.25, 0.3) is 0 Å². The quantitative estimate of drug-likeness (QED) is 0.741. The average Bonchev–Trinajstić information content (AvgIpc) is 2.03. The fraction of sp³-hybridized carbons (Fsp3) is 0.714. The summed E-state index contributed by atoms with van der Waals surface area (Å²) in [6, 6.07) is -0.737. The summed E-state index contributed by atoms with van der Waals surface area (Å²) in [5.41, 5.74) is 0. The number of Topliss-reactive ketones (excluding diaryl/α,β-unsaturated/α-hetero) is 1. The highest BCUT2D eigenvalue weighted by Crippen LogP contribution is 2.05. The number of rotatable bonds is 4. The van der Waals surface area contributed by atoms with E-state index in [2.05, 4.69) is 10.1 Å². The van der Waals surface area contributed by atoms with Gasteiger partial charge in [-0.25, -0.2) is 4.79 Å². The van der Waals surface area contributed by atoms with Crippen molar-refractivity contribution in [3.63, 3.8) is 0 Å². The third-order valence-corrected chi connectivity index (χ3v) is 1.68. The van der Waals surface area contributed by atoms with E-state index in [1.807, 2.05) is 0 Å². The van der Waals surface area contributed by atoms with E-state index >= 15 is 0 Å². The van der Waals surface area contributed by atoms with Crippen molar-refractivity contribution < 1.29 is 14.3 Å². The van der Waals surface area contributed by atoms with E-state index in [1.165, 1.54) is 6.92 Å². The number of ketones is 1. The number of nitrogens with one attached hydrogen (secondary N) is 1. The van der Waals surface area contributed by atoms with Crippen LogP contribution in [0.2, 0.25) is 0 Å². The monoisotopic (exact) mass is 227 g/mol. The zero-order valence-corrected chi connectivity index (χ0v) is 8.85. The largest absolute Gasteiger partial charge is 0.450 e. The number of amides is 1. The van der Waals surface area contributed by atoms with E-state index in [-0.39, 0.29) is 6.61 Å². The highest BCUT2D eigenvalue weighted by Gasteiger charge is 2.21. The Kier molecular flexibility index (Phi) is 5.82. The molecule has 1 N–H and O–H groups in total. The van der Waals surface area contributed by atoms with Crippen molar-refractivity contribution in [3.05, 3.63) is 0 Å². The van der Waals surface area contributed by atoms with Gasteiger partial charge in [0, 0.05) is 0 Å². The third kappa shape index (κ3) is 4.95. The minimum atomic E-state index is -1.13. The van der Waals surface area contributed by atoms with Crippen molar-refractivity contribution in [3.8, 4) is 0 Å². The number of carbonyl (C=O) groups excluding carboxylic acids is 2. The number of carbonyl (C=O) groups is 2. The van der Waals surface area contributed by atoms with Gasteiger partial charge in [-0.15, -0.1) is 0 Å². The Balaban J connectivity index is 3.92. The Morgan fingerprint density at radius 3 is 2.38 bits per heavy atom. The molecule has 6 heteroatoms. The molecule has 0 rings (SSSR count). The van der Waals surface area contributed by atoms with Crippen LogP contribution in [0.5, 0.6) is 0 Å². The van der Waals surface area contributed by atoms with Crippen LogP contribution in [-0.4, -0.2) is 29.4 Å². The molecule has 0 aliphatic rings. The average molecular weight is 228 g/mol. The first kappa shape index (κ1) is 12.5. The Labute approximate surface area is 86.5 Å². The summed E-state index contributed by atoms with van der Waals surface area (Å²) < 4.78 is 4.55. The Hall–Kier alpha value is -0.480. The maximum Gasteiger partial charge on any atom is 0.407 e. The van der Waals surface area contributed by atoms with Gasteiger partial charge in [-0.2, -0.15) is 0 Å². The molecule has 0 fully saturated rings. The fourth-order valence-corrected chi connectivity index (χ4v) is 0.988. The second-order valence-corrected chi connectivity index (χ2v) is 3.39. The lowest BCUT2D eigenvalue weighted by Gasteiger charge is -2.12. The van der Waals surface area contributed by atoms with Crippen molar-refractivity contribution in [1.82, 2.24) is 5.32 Å². The molecular weight excluding hydrogens is 217 g/mol. The van der Waals surface area contributed by atoms with Crippen LogP contribution in [-0.2, 0) is 9.53 Å². The van der Waals surface area contributed by atoms with Gasteiger partial charge in [-0.05, 0) is 13.8 Å². The van der Waals surface area contributed by atoms with Crippen LogP contribution < -0.4 is 5.32 Å². The van der Waals surface area contributed by atoms with Gasteiger partial charge in [0.05, 0.1) is 12.6 Å². The van der Waals surface area contributed by atoms with Gasteiger partial charge in [-0.1, -0.05) is 23.2 Å². The second-order valence-electron chi connectivity index (χ2n) is 2.29. The van der Waals surface area contributed by atoms with E-state index in [1.54, 1.807) is 6.92 Å². The van der Waals surface area contributed by atoms with Crippen LogP contribution in [0.1, 0.15) is 13.8 Å². The van der Waals surface area contributed by atoms with Crippen molar-refractivity contribution in [2.24, 2.45) is 0 Å². The van der Waals surface area contributed by atoms with Crippen molar-refractivity contribution in [1.29, 1.82) is 0 Å². The molecule has 0 aliphatic heterocycles. The standard InChI is InChI=1S/C7H11Cl2NO3/c1-3-13-7(12)10-4(2)5(11)6(8)9/h4,6H,3H2,1-2H3,(H,10,12)/t4-/m0/s1. The SMILES string of the molecule is CCOC(=O)N[C@@H](C)C(=O)C(Cl)Cl. The maximum absolute atomic E-state index is 11.0. The highest BCUT2D eigenvalue weighted by atomic mass is 35.5. The third-order valence-electron chi connectivity index (χ3n) is 1.25. The molecule has 76 valence electrons. The van der Waals surface area contributed by atoms with E-state index in [0.717, 1.165) is 0 Å². The predicted molar refractivity (Wildman–Crippen MR) is 50.1 cm³/mol. The minimum absolute atomic E-state index is 0.248. The summed E-state index contributed by atoms with van der Waals surface area (Å²) >= 11 is 10.6. The number of halogens is 2. The Morgan fingerprint density at radius 1 is 1.46 bits per heavy atom. The van der Waals surface area contributed by atoms with Crippen LogP contribution in [0, 0.1) is 0 Å². The molecule has 4 nitrogen and oxygen atoms in total. The van der Waals surface area contributed by atoms with E-state index in [0.29, 0.717) is 0 Å². The number of alkyl halides is 2. The summed E-state index contributed by atoms with van der Waals surface area (Å²) in [6.07, 6.45) is -0.655. The van der Waals surface area contributed by atoms with Gasteiger partial charge < -0.3 is 10.1 Å². The number of hydrogen-bond donors (Lipinski definition) is 1. The summed E-state index contributed by atoms with van der Waals surface area (Å²) in [4.78, 5) is 20.7. The van der Waals surface area contributed by atoms with Crippen LogP contribution in [0.4, 0.5) is 4.79 Å². The molecule has 0 unspecified atom stereocenters. The summed E-state index contributed by atoms with van der Waals surface area (Å²) in [6.45, 7) is 3.40. The molecule has 0 aliphatic carbocycles. The smallest absolute Gasteiger partial charge is 0.407 e. The zero-order valence-electron chi connectivity index (χ0n) is 7.34. The molecule has 0 radical (unpaired) electrons. The first-order valence-electron chi connectivity index (χ1n) is 3.74. The summed E-state index contributed by atoms with van der Waals surface area (Å²) in [5.74, 6) is -0.462. The lowest BCUT2D eigenvalue weighted by atomic mass is 10.2. The number of alkyl carbamates (subject to hydrolysis) is 1. The topological polar surface area (TPSA) is 55.4 Å². The summed E-state index contributed by atoms with van der Waals surface area (Å²) in [7, 11) is 0. The predicted octanol–water partition coefficient (Wildman–Crippen LogP) is 1.49. The van der Waals surface area contributed by atoms with Crippen LogP contribution in [0.15, 0.2) is 0 Å². The van der Waals surface area contributed by atoms with E-state index in [9.17, 15) is 9.59 Å². The van der Waals surface area contributed by atoms with Gasteiger partial charge in [-0.3, -0.25) is 4.79 Å². The van der Waals surface area contributed by atoms with Gasteiger partial charge in [0.2, 0.25) is 0 Å². The second kappa shape index (κ2) is 6.05. The van der Waals surface area contributed by atoms with Gasteiger partial charge in [0.1, 0.15) is 0 Å². The van der Waals surface area contributed by atoms with Crippen LogP contribution >= 0.6 is 23.2 Å². The maximum atomic E-state index is 11.0. The van der Waals surface area contributed by atoms with Gasteiger partial charge >= 0.3 is 6.09 Å². The Bertz CT molecular complexity index is 196. The molecule has 1 atom stereocenters.